The second-order valence-corrected chi connectivity index (χ2v) is 5.37. The number of rotatable bonds is 6. The molecular formula is C14H22N2O3. The minimum Gasteiger partial charge on any atom is -0.480 e. The van der Waals surface area contributed by atoms with Crippen LogP contribution in [-0.4, -0.2) is 54.6 Å². The zero-order chi connectivity index (χ0) is 13.8. The van der Waals surface area contributed by atoms with Gasteiger partial charge in [-0.05, 0) is 33.0 Å². The van der Waals surface area contributed by atoms with E-state index in [4.69, 9.17) is 9.52 Å². The van der Waals surface area contributed by atoms with Crippen molar-refractivity contribution in [3.8, 4) is 0 Å². The number of carboxylic acids is 1. The third kappa shape index (κ3) is 3.58. The fourth-order valence-electron chi connectivity index (χ4n) is 2.69. The minimum absolute atomic E-state index is 0.0864. The topological polar surface area (TPSA) is 56.9 Å². The summed E-state index contributed by atoms with van der Waals surface area (Å²) in [6.07, 6.45) is 4.75. The SMILES string of the molecule is CN(C)CCN(CC(=O)O)C1CCCc2occc21. The Hall–Kier alpha value is -1.33. The molecule has 0 amide bonds. The molecule has 1 aromatic heterocycles. The van der Waals surface area contributed by atoms with E-state index in [0.29, 0.717) is 0 Å². The van der Waals surface area contributed by atoms with Crippen molar-refractivity contribution < 1.29 is 14.3 Å². The van der Waals surface area contributed by atoms with Crippen LogP contribution < -0.4 is 0 Å². The standard InChI is InChI=1S/C14H22N2O3/c1-15(2)7-8-16(10-14(17)18)12-4-3-5-13-11(12)6-9-19-13/h6,9,12H,3-5,7-8,10H2,1-2H3,(H,17,18). The van der Waals surface area contributed by atoms with Crippen molar-refractivity contribution in [2.24, 2.45) is 0 Å². The fraction of sp³-hybridized carbons (Fsp3) is 0.643. The first kappa shape index (κ1) is 14.1. The van der Waals surface area contributed by atoms with Crippen molar-refractivity contribution in [2.45, 2.75) is 25.3 Å². The molecule has 1 unspecified atom stereocenters. The summed E-state index contributed by atoms with van der Waals surface area (Å²) in [5.41, 5.74) is 1.17. The van der Waals surface area contributed by atoms with Gasteiger partial charge in [0.25, 0.3) is 0 Å². The molecule has 1 N–H and O–H groups in total. The van der Waals surface area contributed by atoms with Gasteiger partial charge in [-0.15, -0.1) is 0 Å². The van der Waals surface area contributed by atoms with Gasteiger partial charge in [-0.25, -0.2) is 0 Å². The zero-order valence-electron chi connectivity index (χ0n) is 11.6. The third-order valence-corrected chi connectivity index (χ3v) is 3.63. The van der Waals surface area contributed by atoms with Gasteiger partial charge in [0.15, 0.2) is 0 Å². The highest BCUT2D eigenvalue weighted by Crippen LogP contribution is 2.34. The van der Waals surface area contributed by atoms with Crippen LogP contribution in [0.4, 0.5) is 0 Å². The molecule has 0 fully saturated rings. The molecule has 1 heterocycles. The van der Waals surface area contributed by atoms with Gasteiger partial charge in [-0.2, -0.15) is 0 Å². The Morgan fingerprint density at radius 1 is 1.47 bits per heavy atom. The first-order valence-corrected chi connectivity index (χ1v) is 6.74. The maximum absolute atomic E-state index is 11.1. The summed E-state index contributed by atoms with van der Waals surface area (Å²) in [5.74, 6) is 0.255. The van der Waals surface area contributed by atoms with E-state index in [1.807, 2.05) is 20.2 Å². The normalized spacial score (nSPS) is 18.8. The molecule has 0 saturated carbocycles. The average molecular weight is 266 g/mol. The number of nitrogens with zero attached hydrogens (tertiary/aromatic N) is 2. The Morgan fingerprint density at radius 2 is 2.26 bits per heavy atom. The van der Waals surface area contributed by atoms with Crippen molar-refractivity contribution in [2.75, 3.05) is 33.7 Å². The van der Waals surface area contributed by atoms with E-state index in [1.165, 1.54) is 5.56 Å². The first-order valence-electron chi connectivity index (χ1n) is 6.74. The van der Waals surface area contributed by atoms with Gasteiger partial charge in [0.1, 0.15) is 5.76 Å². The van der Waals surface area contributed by atoms with Gasteiger partial charge in [0, 0.05) is 31.1 Å². The average Bonchev–Trinajstić information content (AvgIpc) is 2.81. The van der Waals surface area contributed by atoms with E-state index < -0.39 is 5.97 Å². The molecule has 106 valence electrons. The smallest absolute Gasteiger partial charge is 0.317 e. The molecule has 19 heavy (non-hydrogen) atoms. The monoisotopic (exact) mass is 266 g/mol. The molecule has 0 aromatic carbocycles. The van der Waals surface area contributed by atoms with Gasteiger partial charge >= 0.3 is 5.97 Å². The Kier molecular flexibility index (Phi) is 4.61. The Bertz CT molecular complexity index is 428. The predicted molar refractivity (Wildman–Crippen MR) is 72.1 cm³/mol. The number of hydrogen-bond acceptors (Lipinski definition) is 4. The number of fused-ring (bicyclic) bond motifs is 1. The number of hydrogen-bond donors (Lipinski definition) is 1. The molecule has 1 atom stereocenters. The van der Waals surface area contributed by atoms with E-state index in [2.05, 4.69) is 9.80 Å². The number of aliphatic carboxylic acids is 1. The molecule has 5 heteroatoms. The molecule has 0 bridgehead atoms. The molecule has 0 saturated heterocycles. The van der Waals surface area contributed by atoms with E-state index in [1.54, 1.807) is 6.26 Å². The van der Waals surface area contributed by atoms with Crippen LogP contribution in [0.1, 0.15) is 30.2 Å². The van der Waals surface area contributed by atoms with Crippen molar-refractivity contribution in [3.05, 3.63) is 23.7 Å². The van der Waals surface area contributed by atoms with Crippen LogP contribution >= 0.6 is 0 Å². The lowest BCUT2D eigenvalue weighted by Gasteiger charge is -2.33. The maximum atomic E-state index is 11.1. The van der Waals surface area contributed by atoms with E-state index in [-0.39, 0.29) is 12.6 Å². The Balaban J connectivity index is 2.12. The lowest BCUT2D eigenvalue weighted by molar-refractivity contribution is -0.139. The van der Waals surface area contributed by atoms with Crippen molar-refractivity contribution in [1.82, 2.24) is 9.80 Å². The van der Waals surface area contributed by atoms with Crippen LogP contribution in [0.25, 0.3) is 0 Å². The highest BCUT2D eigenvalue weighted by molar-refractivity contribution is 5.69. The predicted octanol–water partition coefficient (Wildman–Crippen LogP) is 1.61. The number of carbonyl (C=O) groups is 1. The number of likely N-dealkylation sites (N-methyl/N-ethyl adjacent to an activating group) is 1. The van der Waals surface area contributed by atoms with Crippen LogP contribution in [-0.2, 0) is 11.2 Å². The molecule has 0 spiro atoms. The number of aryl methyl sites for hydroxylation is 1. The first-order chi connectivity index (χ1) is 9.08. The summed E-state index contributed by atoms with van der Waals surface area (Å²) in [6, 6.07) is 2.17. The van der Waals surface area contributed by atoms with Crippen LogP contribution in [0.3, 0.4) is 0 Å². The van der Waals surface area contributed by atoms with Gasteiger partial charge < -0.3 is 14.4 Å². The Morgan fingerprint density at radius 3 is 2.95 bits per heavy atom. The van der Waals surface area contributed by atoms with Crippen molar-refractivity contribution in [1.29, 1.82) is 0 Å². The summed E-state index contributed by atoms with van der Waals surface area (Å²) in [5, 5.41) is 9.10. The van der Waals surface area contributed by atoms with Crippen LogP contribution in [0.2, 0.25) is 0 Å². The summed E-state index contributed by atoms with van der Waals surface area (Å²) >= 11 is 0. The highest BCUT2D eigenvalue weighted by Gasteiger charge is 2.28. The van der Waals surface area contributed by atoms with Crippen LogP contribution in [0.5, 0.6) is 0 Å². The molecule has 0 aliphatic heterocycles. The number of carboxylic acid groups (broad SMARTS) is 1. The zero-order valence-corrected chi connectivity index (χ0v) is 11.6. The second-order valence-electron chi connectivity index (χ2n) is 5.37. The summed E-state index contributed by atoms with van der Waals surface area (Å²) in [7, 11) is 4.01. The third-order valence-electron chi connectivity index (χ3n) is 3.63. The molecule has 5 nitrogen and oxygen atoms in total. The van der Waals surface area contributed by atoms with Crippen LogP contribution in [0, 0.1) is 0 Å². The summed E-state index contributed by atoms with van der Waals surface area (Å²) < 4.78 is 5.48. The van der Waals surface area contributed by atoms with Gasteiger partial charge in [0.2, 0.25) is 0 Å². The van der Waals surface area contributed by atoms with Crippen molar-refractivity contribution >= 4 is 5.97 Å². The molecule has 1 aliphatic rings. The quantitative estimate of drug-likeness (QED) is 0.847. The van der Waals surface area contributed by atoms with E-state index in [0.717, 1.165) is 38.1 Å². The van der Waals surface area contributed by atoms with Crippen LogP contribution in [0.15, 0.2) is 16.7 Å². The van der Waals surface area contributed by atoms with Crippen molar-refractivity contribution in [3.63, 3.8) is 0 Å². The maximum Gasteiger partial charge on any atom is 0.317 e. The molecule has 0 radical (unpaired) electrons. The lowest BCUT2D eigenvalue weighted by Crippen LogP contribution is -2.39. The fourth-order valence-corrected chi connectivity index (χ4v) is 2.69. The Labute approximate surface area is 113 Å². The van der Waals surface area contributed by atoms with Gasteiger partial charge in [0.05, 0.1) is 12.8 Å². The number of furan rings is 1. The molecule has 2 rings (SSSR count). The van der Waals surface area contributed by atoms with E-state index >= 15 is 0 Å². The molecule has 1 aliphatic carbocycles. The molecular weight excluding hydrogens is 244 g/mol. The highest BCUT2D eigenvalue weighted by atomic mass is 16.4. The summed E-state index contributed by atoms with van der Waals surface area (Å²) in [4.78, 5) is 15.2. The summed E-state index contributed by atoms with van der Waals surface area (Å²) in [6.45, 7) is 1.70. The van der Waals surface area contributed by atoms with Gasteiger partial charge in [-0.3, -0.25) is 9.69 Å². The second kappa shape index (κ2) is 6.21. The van der Waals surface area contributed by atoms with Gasteiger partial charge in [-0.1, -0.05) is 0 Å². The lowest BCUT2D eigenvalue weighted by atomic mass is 9.92. The minimum atomic E-state index is -0.769. The molecule has 1 aromatic rings. The van der Waals surface area contributed by atoms with E-state index in [9.17, 15) is 4.79 Å². The largest absolute Gasteiger partial charge is 0.480 e.